The lowest BCUT2D eigenvalue weighted by Gasteiger charge is -2.16. The molecule has 0 aliphatic carbocycles. The third-order valence-corrected chi connectivity index (χ3v) is 5.35. The van der Waals surface area contributed by atoms with E-state index in [-0.39, 0.29) is 30.0 Å². The lowest BCUT2D eigenvalue weighted by atomic mass is 9.96. The van der Waals surface area contributed by atoms with E-state index in [0.717, 1.165) is 10.0 Å². The number of rotatable bonds is 5. The van der Waals surface area contributed by atoms with Gasteiger partial charge in [0.05, 0.1) is 18.7 Å². The number of aromatic amines is 1. The van der Waals surface area contributed by atoms with Crippen molar-refractivity contribution >= 4 is 38.9 Å². The molecule has 0 fully saturated rings. The van der Waals surface area contributed by atoms with Crippen LogP contribution in [-0.2, 0) is 9.47 Å². The highest BCUT2D eigenvalue weighted by Gasteiger charge is 2.26. The SMILES string of the molecule is CCOC(=O)c1nc2c(=O)c(C(=O)OCC)c(C)[nH]c2c(-c2ccccc2Br)c1C. The van der Waals surface area contributed by atoms with E-state index in [1.54, 1.807) is 27.7 Å². The fourth-order valence-electron chi connectivity index (χ4n) is 3.35. The van der Waals surface area contributed by atoms with Crippen LogP contribution >= 0.6 is 15.9 Å². The smallest absolute Gasteiger partial charge is 0.357 e. The molecule has 3 rings (SSSR count). The molecule has 7 nitrogen and oxygen atoms in total. The Kier molecular flexibility index (Phi) is 6.36. The third-order valence-electron chi connectivity index (χ3n) is 4.66. The molecule has 1 N–H and O–H groups in total. The molecule has 3 aromatic rings. The van der Waals surface area contributed by atoms with Gasteiger partial charge in [0.25, 0.3) is 0 Å². The number of H-pyrrole nitrogens is 1. The van der Waals surface area contributed by atoms with E-state index < -0.39 is 17.4 Å². The fourth-order valence-corrected chi connectivity index (χ4v) is 3.83. The lowest BCUT2D eigenvalue weighted by Crippen LogP contribution is -2.23. The van der Waals surface area contributed by atoms with Crippen molar-refractivity contribution in [2.75, 3.05) is 13.2 Å². The summed E-state index contributed by atoms with van der Waals surface area (Å²) in [7, 11) is 0. The molecular formula is C22H21BrN2O5. The molecule has 156 valence electrons. The van der Waals surface area contributed by atoms with Crippen LogP contribution in [0.2, 0.25) is 0 Å². The highest BCUT2D eigenvalue weighted by molar-refractivity contribution is 9.10. The number of aromatic nitrogens is 2. The van der Waals surface area contributed by atoms with Gasteiger partial charge in [-0.3, -0.25) is 4.79 Å². The second-order valence-electron chi connectivity index (χ2n) is 6.56. The summed E-state index contributed by atoms with van der Waals surface area (Å²) in [6.07, 6.45) is 0. The molecule has 2 heterocycles. The van der Waals surface area contributed by atoms with Crippen LogP contribution in [0.15, 0.2) is 33.5 Å². The first-order valence-electron chi connectivity index (χ1n) is 9.48. The predicted octanol–water partition coefficient (Wildman–Crippen LogP) is 4.32. The van der Waals surface area contributed by atoms with Crippen molar-refractivity contribution in [2.24, 2.45) is 0 Å². The first-order chi connectivity index (χ1) is 14.3. The van der Waals surface area contributed by atoms with E-state index in [0.29, 0.717) is 22.3 Å². The number of nitrogens with one attached hydrogen (secondary N) is 1. The van der Waals surface area contributed by atoms with E-state index >= 15 is 0 Å². The maximum atomic E-state index is 13.2. The van der Waals surface area contributed by atoms with Crippen molar-refractivity contribution in [3.05, 3.63) is 61.5 Å². The van der Waals surface area contributed by atoms with Crippen LogP contribution < -0.4 is 5.43 Å². The molecule has 0 radical (unpaired) electrons. The molecule has 1 aromatic carbocycles. The molecule has 0 bridgehead atoms. The van der Waals surface area contributed by atoms with Gasteiger partial charge in [-0.05, 0) is 44.9 Å². The Labute approximate surface area is 181 Å². The van der Waals surface area contributed by atoms with Gasteiger partial charge < -0.3 is 14.5 Å². The molecule has 0 spiro atoms. The fraction of sp³-hybridized carbons (Fsp3) is 0.273. The molecule has 30 heavy (non-hydrogen) atoms. The van der Waals surface area contributed by atoms with E-state index in [4.69, 9.17) is 9.47 Å². The number of benzene rings is 1. The van der Waals surface area contributed by atoms with Gasteiger partial charge in [0, 0.05) is 15.7 Å². The normalized spacial score (nSPS) is 10.8. The first kappa shape index (κ1) is 21.7. The molecule has 0 saturated heterocycles. The van der Waals surface area contributed by atoms with Crippen molar-refractivity contribution in [2.45, 2.75) is 27.7 Å². The zero-order chi connectivity index (χ0) is 22.0. The van der Waals surface area contributed by atoms with Crippen LogP contribution in [0.1, 0.15) is 46.0 Å². The van der Waals surface area contributed by atoms with E-state index in [1.165, 1.54) is 0 Å². The standard InChI is InChI=1S/C22H21BrN2O5/c1-5-29-21(27)16-12(4)24-18-15(13-9-7-8-10-14(13)23)11(3)17(22(28)30-6-2)25-19(18)20(16)26/h7-10H,5-6H2,1-4H3,(H,24,26). The summed E-state index contributed by atoms with van der Waals surface area (Å²) in [6, 6.07) is 7.45. The van der Waals surface area contributed by atoms with Gasteiger partial charge in [0.15, 0.2) is 5.69 Å². The lowest BCUT2D eigenvalue weighted by molar-refractivity contribution is 0.0512. The maximum Gasteiger partial charge on any atom is 0.357 e. The number of hydrogen-bond acceptors (Lipinski definition) is 6. The number of ether oxygens (including phenoxy) is 2. The van der Waals surface area contributed by atoms with Crippen molar-refractivity contribution in [1.82, 2.24) is 9.97 Å². The van der Waals surface area contributed by atoms with Crippen LogP contribution in [0, 0.1) is 13.8 Å². The number of hydrogen-bond donors (Lipinski definition) is 1. The van der Waals surface area contributed by atoms with Gasteiger partial charge in [0.2, 0.25) is 5.43 Å². The Hall–Kier alpha value is -3.00. The highest BCUT2D eigenvalue weighted by atomic mass is 79.9. The van der Waals surface area contributed by atoms with Crippen LogP contribution in [0.25, 0.3) is 22.2 Å². The Morgan fingerprint density at radius 1 is 1.07 bits per heavy atom. The van der Waals surface area contributed by atoms with Crippen LogP contribution in [0.4, 0.5) is 0 Å². The zero-order valence-electron chi connectivity index (χ0n) is 17.1. The quantitative estimate of drug-likeness (QED) is 0.555. The van der Waals surface area contributed by atoms with E-state index in [9.17, 15) is 14.4 Å². The molecule has 0 aliphatic rings. The first-order valence-corrected chi connectivity index (χ1v) is 10.3. The highest BCUT2D eigenvalue weighted by Crippen LogP contribution is 2.36. The van der Waals surface area contributed by atoms with Crippen molar-refractivity contribution in [3.8, 4) is 11.1 Å². The number of carbonyl (C=O) groups is 2. The molecule has 2 aromatic heterocycles. The second-order valence-corrected chi connectivity index (χ2v) is 7.41. The zero-order valence-corrected chi connectivity index (χ0v) is 18.7. The molecular weight excluding hydrogens is 452 g/mol. The number of carbonyl (C=O) groups excluding carboxylic acids is 2. The number of fused-ring (bicyclic) bond motifs is 1. The van der Waals surface area contributed by atoms with Crippen molar-refractivity contribution in [1.29, 1.82) is 0 Å². The van der Waals surface area contributed by atoms with Crippen molar-refractivity contribution in [3.63, 3.8) is 0 Å². The van der Waals surface area contributed by atoms with Gasteiger partial charge >= 0.3 is 11.9 Å². The van der Waals surface area contributed by atoms with Gasteiger partial charge in [-0.1, -0.05) is 34.1 Å². The minimum absolute atomic E-state index is 0.0249. The second kappa shape index (κ2) is 8.79. The van der Waals surface area contributed by atoms with Gasteiger partial charge in [-0.2, -0.15) is 0 Å². The van der Waals surface area contributed by atoms with Gasteiger partial charge in [0.1, 0.15) is 11.1 Å². The number of esters is 2. The monoisotopic (exact) mass is 472 g/mol. The van der Waals surface area contributed by atoms with E-state index in [2.05, 4.69) is 25.9 Å². The van der Waals surface area contributed by atoms with Gasteiger partial charge in [-0.25, -0.2) is 14.6 Å². The van der Waals surface area contributed by atoms with Gasteiger partial charge in [-0.15, -0.1) is 0 Å². The summed E-state index contributed by atoms with van der Waals surface area (Å²) >= 11 is 3.54. The van der Waals surface area contributed by atoms with Crippen molar-refractivity contribution < 1.29 is 19.1 Å². The number of halogens is 1. The summed E-state index contributed by atoms with van der Waals surface area (Å²) < 4.78 is 10.9. The summed E-state index contributed by atoms with van der Waals surface area (Å²) in [4.78, 5) is 45.6. The summed E-state index contributed by atoms with van der Waals surface area (Å²) in [6.45, 7) is 7.03. The largest absolute Gasteiger partial charge is 0.462 e. The molecule has 0 amide bonds. The average Bonchev–Trinajstić information content (AvgIpc) is 2.69. The Bertz CT molecular complexity index is 1220. The molecule has 0 unspecified atom stereocenters. The predicted molar refractivity (Wildman–Crippen MR) is 117 cm³/mol. The minimum Gasteiger partial charge on any atom is -0.462 e. The Morgan fingerprint density at radius 3 is 2.33 bits per heavy atom. The van der Waals surface area contributed by atoms with Crippen LogP contribution in [0.5, 0.6) is 0 Å². The van der Waals surface area contributed by atoms with E-state index in [1.807, 2.05) is 24.3 Å². The summed E-state index contributed by atoms with van der Waals surface area (Å²) in [5, 5.41) is 0. The summed E-state index contributed by atoms with van der Waals surface area (Å²) in [5.74, 6) is -1.37. The molecule has 0 atom stereocenters. The number of nitrogens with zero attached hydrogens (tertiary/aromatic N) is 1. The van der Waals surface area contributed by atoms with Crippen LogP contribution in [-0.4, -0.2) is 35.1 Å². The Morgan fingerprint density at radius 2 is 1.70 bits per heavy atom. The topological polar surface area (TPSA) is 98.3 Å². The minimum atomic E-state index is -0.736. The van der Waals surface area contributed by atoms with Crippen LogP contribution in [0.3, 0.4) is 0 Å². The Balaban J connectivity index is 2.48. The summed E-state index contributed by atoms with van der Waals surface area (Å²) in [5.41, 5.74) is 2.03. The number of pyridine rings is 2. The molecule has 0 aliphatic heterocycles. The maximum absolute atomic E-state index is 13.2. The molecule has 8 heteroatoms. The third kappa shape index (κ3) is 3.75. The molecule has 0 saturated carbocycles. The average molecular weight is 473 g/mol. The number of aryl methyl sites for hydroxylation is 1.